The van der Waals surface area contributed by atoms with Gasteiger partial charge in [-0.15, -0.1) is 0 Å². The normalized spacial score (nSPS) is 11.7. The van der Waals surface area contributed by atoms with Crippen molar-refractivity contribution >= 4 is 35.1 Å². The Labute approximate surface area is 192 Å². The van der Waals surface area contributed by atoms with Gasteiger partial charge in [-0.3, -0.25) is 9.59 Å². The Morgan fingerprint density at radius 2 is 1.85 bits per heavy atom. The molecule has 0 saturated carbocycles. The zero-order chi connectivity index (χ0) is 23.2. The number of carbonyl (C=O) groups is 3. The van der Waals surface area contributed by atoms with Crippen molar-refractivity contribution in [3.05, 3.63) is 77.7 Å². The number of thioether (sulfide) groups is 1. The van der Waals surface area contributed by atoms with Gasteiger partial charge in [0, 0.05) is 23.5 Å². The van der Waals surface area contributed by atoms with Gasteiger partial charge in [-0.2, -0.15) is 0 Å². The summed E-state index contributed by atoms with van der Waals surface area (Å²) in [4.78, 5) is 41.1. The lowest BCUT2D eigenvalue weighted by molar-refractivity contribution is -0.113. The fraction of sp³-hybridized carbons (Fsp3) is 0.130. The molecule has 1 amide bonds. The highest BCUT2D eigenvalue weighted by atomic mass is 32.2. The first-order valence-electron chi connectivity index (χ1n) is 9.73. The molecule has 3 aromatic rings. The average Bonchev–Trinajstić information content (AvgIpc) is 3.29. The Hall–Kier alpha value is -3.92. The van der Waals surface area contributed by atoms with Gasteiger partial charge in [0.2, 0.25) is 12.7 Å². The van der Waals surface area contributed by atoms with Crippen LogP contribution in [-0.4, -0.2) is 41.8 Å². The molecule has 0 aliphatic carbocycles. The van der Waals surface area contributed by atoms with E-state index in [1.807, 2.05) is 0 Å². The number of Topliss-reactive ketones (excluding diaryl/α,β-unsaturated/α-hetero) is 1. The smallest absolute Gasteiger partial charge is 0.341 e. The van der Waals surface area contributed by atoms with Crippen molar-refractivity contribution in [3.8, 4) is 11.5 Å². The van der Waals surface area contributed by atoms with Crippen LogP contribution in [0.1, 0.15) is 20.7 Å². The Kier molecular flexibility index (Phi) is 6.84. The first-order valence-corrected chi connectivity index (χ1v) is 10.7. The van der Waals surface area contributed by atoms with Gasteiger partial charge in [-0.1, -0.05) is 11.8 Å². The monoisotopic (exact) mass is 468 g/mol. The van der Waals surface area contributed by atoms with Gasteiger partial charge >= 0.3 is 5.97 Å². The molecule has 0 fully saturated rings. The van der Waals surface area contributed by atoms with Crippen LogP contribution in [0.25, 0.3) is 0 Å². The van der Waals surface area contributed by atoms with Crippen molar-refractivity contribution in [2.75, 3.05) is 24.5 Å². The van der Waals surface area contributed by atoms with E-state index in [1.165, 1.54) is 24.4 Å². The molecule has 4 rings (SSSR count). The Morgan fingerprint density at radius 1 is 1.06 bits per heavy atom. The summed E-state index contributed by atoms with van der Waals surface area (Å²) < 4.78 is 28.6. The summed E-state index contributed by atoms with van der Waals surface area (Å²) in [7, 11) is 0. The molecule has 0 spiro atoms. The van der Waals surface area contributed by atoms with E-state index in [1.54, 1.807) is 24.3 Å². The fourth-order valence-electron chi connectivity index (χ4n) is 2.89. The number of rotatable bonds is 8. The quantitative estimate of drug-likeness (QED) is 0.303. The molecule has 168 valence electrons. The van der Waals surface area contributed by atoms with Crippen LogP contribution in [0.5, 0.6) is 11.5 Å². The van der Waals surface area contributed by atoms with Gasteiger partial charge in [0.25, 0.3) is 0 Å². The second-order valence-corrected chi connectivity index (χ2v) is 7.73. The number of amides is 1. The molecule has 10 heteroatoms. The van der Waals surface area contributed by atoms with Gasteiger partial charge in [0.1, 0.15) is 10.8 Å². The highest BCUT2D eigenvalue weighted by Gasteiger charge is 2.18. The largest absolute Gasteiger partial charge is 0.454 e. The van der Waals surface area contributed by atoms with E-state index in [0.29, 0.717) is 17.2 Å². The highest BCUT2D eigenvalue weighted by molar-refractivity contribution is 8.00. The van der Waals surface area contributed by atoms with E-state index in [4.69, 9.17) is 14.2 Å². The molecule has 0 atom stereocenters. The molecule has 0 unspecified atom stereocenters. The first-order chi connectivity index (χ1) is 16.0. The lowest BCUT2D eigenvalue weighted by Gasteiger charge is -2.09. The second-order valence-electron chi connectivity index (χ2n) is 6.77. The maximum atomic E-state index is 13.0. The minimum atomic E-state index is -0.753. The first kappa shape index (κ1) is 22.3. The summed E-state index contributed by atoms with van der Waals surface area (Å²) in [6, 6.07) is 13.0. The Morgan fingerprint density at radius 3 is 2.67 bits per heavy atom. The number of ether oxygens (including phenoxy) is 3. The summed E-state index contributed by atoms with van der Waals surface area (Å²) in [5.74, 6) is -0.858. The maximum absolute atomic E-state index is 13.0. The van der Waals surface area contributed by atoms with Gasteiger partial charge in [0.15, 0.2) is 23.9 Å². The average molecular weight is 468 g/mol. The predicted molar refractivity (Wildman–Crippen MR) is 117 cm³/mol. The molecule has 2 heterocycles. The molecule has 1 aliphatic heterocycles. The summed E-state index contributed by atoms with van der Waals surface area (Å²) in [5.41, 5.74) is 0.903. The molecule has 2 aromatic carbocycles. The number of esters is 1. The van der Waals surface area contributed by atoms with Crippen molar-refractivity contribution in [2.45, 2.75) is 5.03 Å². The van der Waals surface area contributed by atoms with Crippen molar-refractivity contribution in [2.24, 2.45) is 0 Å². The Balaban J connectivity index is 1.32. The van der Waals surface area contributed by atoms with Crippen molar-refractivity contribution in [1.29, 1.82) is 0 Å². The van der Waals surface area contributed by atoms with Crippen molar-refractivity contribution in [3.63, 3.8) is 0 Å². The number of benzene rings is 2. The van der Waals surface area contributed by atoms with Crippen LogP contribution in [0.15, 0.2) is 65.8 Å². The summed E-state index contributed by atoms with van der Waals surface area (Å²) in [6.45, 7) is -0.370. The highest BCUT2D eigenvalue weighted by Crippen LogP contribution is 2.34. The van der Waals surface area contributed by atoms with E-state index in [9.17, 15) is 18.8 Å². The molecular weight excluding hydrogens is 451 g/mol. The summed E-state index contributed by atoms with van der Waals surface area (Å²) >= 11 is 1.05. The van der Waals surface area contributed by atoms with E-state index < -0.39 is 24.2 Å². The van der Waals surface area contributed by atoms with E-state index in [2.05, 4.69) is 10.3 Å². The number of fused-ring (bicyclic) bond motifs is 1. The number of pyridine rings is 1. The van der Waals surface area contributed by atoms with Crippen LogP contribution >= 0.6 is 11.8 Å². The van der Waals surface area contributed by atoms with E-state index >= 15 is 0 Å². The second kappa shape index (κ2) is 10.1. The van der Waals surface area contributed by atoms with Crippen molar-refractivity contribution < 1.29 is 33.0 Å². The van der Waals surface area contributed by atoms with Crippen LogP contribution < -0.4 is 14.8 Å². The number of hydrogen-bond acceptors (Lipinski definition) is 8. The molecule has 0 radical (unpaired) electrons. The Bertz CT molecular complexity index is 1200. The zero-order valence-corrected chi connectivity index (χ0v) is 17.9. The van der Waals surface area contributed by atoms with E-state index in [0.717, 1.165) is 23.9 Å². The number of ketones is 1. The number of carbonyl (C=O) groups excluding carboxylic acids is 3. The zero-order valence-electron chi connectivity index (χ0n) is 17.1. The third-order valence-electron chi connectivity index (χ3n) is 4.49. The molecular formula is C23H17FN2O6S. The molecule has 1 N–H and O–H groups in total. The summed E-state index contributed by atoms with van der Waals surface area (Å²) in [5, 5.41) is 3.03. The minimum absolute atomic E-state index is 0.0136. The lowest BCUT2D eigenvalue weighted by Crippen LogP contribution is -2.16. The predicted octanol–water partition coefficient (Wildman–Crippen LogP) is 3.72. The van der Waals surface area contributed by atoms with Crippen LogP contribution in [-0.2, 0) is 9.53 Å². The van der Waals surface area contributed by atoms with Crippen LogP contribution in [0.2, 0.25) is 0 Å². The topological polar surface area (TPSA) is 104 Å². The number of anilines is 1. The third-order valence-corrected chi connectivity index (χ3v) is 5.49. The number of nitrogens with one attached hydrogen (secondary N) is 1. The number of hydrogen-bond donors (Lipinski definition) is 1. The van der Waals surface area contributed by atoms with Gasteiger partial charge < -0.3 is 19.5 Å². The van der Waals surface area contributed by atoms with Gasteiger partial charge in [0.05, 0.1) is 11.3 Å². The lowest BCUT2D eigenvalue weighted by atomic mass is 10.1. The van der Waals surface area contributed by atoms with E-state index in [-0.39, 0.29) is 34.6 Å². The van der Waals surface area contributed by atoms with Crippen molar-refractivity contribution in [1.82, 2.24) is 4.98 Å². The molecule has 8 nitrogen and oxygen atoms in total. The molecule has 0 saturated heterocycles. The number of halogens is 1. The molecule has 1 aliphatic rings. The maximum Gasteiger partial charge on any atom is 0.341 e. The van der Waals surface area contributed by atoms with Crippen LogP contribution in [0, 0.1) is 5.82 Å². The number of aromatic nitrogens is 1. The minimum Gasteiger partial charge on any atom is -0.454 e. The van der Waals surface area contributed by atoms with Crippen LogP contribution in [0.3, 0.4) is 0 Å². The third kappa shape index (κ3) is 5.66. The molecule has 1 aromatic heterocycles. The molecule has 33 heavy (non-hydrogen) atoms. The fourth-order valence-corrected chi connectivity index (χ4v) is 3.68. The standard InChI is InChI=1S/C23H17FN2O6S/c24-15-5-3-14(4-6-15)18(27)11-30-23(29)17-2-1-9-25-22(17)33-12-21(28)26-16-7-8-19-20(10-16)32-13-31-19/h1-10H,11-13H2,(H,26,28). The molecule has 0 bridgehead atoms. The van der Waals surface area contributed by atoms with Gasteiger partial charge in [-0.05, 0) is 48.5 Å². The van der Waals surface area contributed by atoms with Crippen LogP contribution in [0.4, 0.5) is 10.1 Å². The SMILES string of the molecule is O=C(CSc1ncccc1C(=O)OCC(=O)c1ccc(F)cc1)Nc1ccc2c(c1)OCO2. The summed E-state index contributed by atoms with van der Waals surface area (Å²) in [6.07, 6.45) is 1.48. The number of nitrogens with zero attached hydrogens (tertiary/aromatic N) is 1. The van der Waals surface area contributed by atoms with Gasteiger partial charge in [-0.25, -0.2) is 14.2 Å².